The van der Waals surface area contributed by atoms with Gasteiger partial charge in [0.15, 0.2) is 0 Å². The van der Waals surface area contributed by atoms with Gasteiger partial charge in [0.1, 0.15) is 0 Å². The number of alkyl halides is 1. The van der Waals surface area contributed by atoms with Gasteiger partial charge in [-0.25, -0.2) is 0 Å². The zero-order valence-electron chi connectivity index (χ0n) is 9.29. The Bertz CT molecular complexity index is 312. The SMILES string of the molecule is ClCC1(NCc2ccncc2)CCOCC1. The predicted octanol–water partition coefficient (Wildman–Crippen LogP) is 1.96. The first-order valence-corrected chi connectivity index (χ1v) is 6.16. The van der Waals surface area contributed by atoms with E-state index in [0.717, 1.165) is 32.6 Å². The van der Waals surface area contributed by atoms with Gasteiger partial charge in [-0.15, -0.1) is 11.6 Å². The van der Waals surface area contributed by atoms with Crippen LogP contribution in [0.15, 0.2) is 24.5 Å². The van der Waals surface area contributed by atoms with Crippen LogP contribution in [0.3, 0.4) is 0 Å². The Morgan fingerprint density at radius 3 is 2.62 bits per heavy atom. The molecule has 1 N–H and O–H groups in total. The third-order valence-electron chi connectivity index (χ3n) is 3.12. The summed E-state index contributed by atoms with van der Waals surface area (Å²) >= 11 is 6.07. The van der Waals surface area contributed by atoms with E-state index in [1.165, 1.54) is 5.56 Å². The van der Waals surface area contributed by atoms with Crippen LogP contribution in [0.1, 0.15) is 18.4 Å². The van der Waals surface area contributed by atoms with Gasteiger partial charge in [0, 0.05) is 43.6 Å². The zero-order valence-corrected chi connectivity index (χ0v) is 10.0. The minimum absolute atomic E-state index is 0.0447. The molecule has 0 unspecified atom stereocenters. The van der Waals surface area contributed by atoms with Crippen LogP contribution in [0.25, 0.3) is 0 Å². The number of hydrogen-bond donors (Lipinski definition) is 1. The van der Waals surface area contributed by atoms with Gasteiger partial charge >= 0.3 is 0 Å². The van der Waals surface area contributed by atoms with Crippen molar-refractivity contribution in [2.75, 3.05) is 19.1 Å². The van der Waals surface area contributed by atoms with Gasteiger partial charge in [-0.1, -0.05) is 0 Å². The highest BCUT2D eigenvalue weighted by Crippen LogP contribution is 2.22. The smallest absolute Gasteiger partial charge is 0.0484 e. The van der Waals surface area contributed by atoms with Crippen molar-refractivity contribution in [1.29, 1.82) is 0 Å². The van der Waals surface area contributed by atoms with Crippen LogP contribution in [-0.4, -0.2) is 29.6 Å². The average molecular weight is 241 g/mol. The molecule has 0 spiro atoms. The van der Waals surface area contributed by atoms with E-state index < -0.39 is 0 Å². The molecular weight excluding hydrogens is 224 g/mol. The van der Waals surface area contributed by atoms with Crippen LogP contribution >= 0.6 is 11.6 Å². The van der Waals surface area contributed by atoms with Crippen molar-refractivity contribution in [3.8, 4) is 0 Å². The molecule has 1 aliphatic heterocycles. The van der Waals surface area contributed by atoms with Crippen molar-refractivity contribution < 1.29 is 4.74 Å². The summed E-state index contributed by atoms with van der Waals surface area (Å²) in [5.74, 6) is 0.640. The van der Waals surface area contributed by atoms with E-state index in [1.54, 1.807) is 0 Å². The first-order valence-electron chi connectivity index (χ1n) is 5.62. The lowest BCUT2D eigenvalue weighted by molar-refractivity contribution is 0.0459. The second-order valence-electron chi connectivity index (χ2n) is 4.24. The highest BCUT2D eigenvalue weighted by atomic mass is 35.5. The van der Waals surface area contributed by atoms with Crippen LogP contribution in [0.2, 0.25) is 0 Å². The van der Waals surface area contributed by atoms with Crippen molar-refractivity contribution in [2.24, 2.45) is 0 Å². The van der Waals surface area contributed by atoms with Gasteiger partial charge in [-0.2, -0.15) is 0 Å². The summed E-state index contributed by atoms with van der Waals surface area (Å²) in [5.41, 5.74) is 1.29. The molecule has 0 aliphatic carbocycles. The summed E-state index contributed by atoms with van der Waals surface area (Å²) < 4.78 is 5.37. The first-order chi connectivity index (χ1) is 7.85. The number of ether oxygens (including phenoxy) is 1. The van der Waals surface area contributed by atoms with E-state index >= 15 is 0 Å². The van der Waals surface area contributed by atoms with Crippen molar-refractivity contribution in [3.63, 3.8) is 0 Å². The minimum Gasteiger partial charge on any atom is -0.381 e. The van der Waals surface area contributed by atoms with Crippen LogP contribution in [0, 0.1) is 0 Å². The summed E-state index contributed by atoms with van der Waals surface area (Å²) in [4.78, 5) is 4.00. The Morgan fingerprint density at radius 2 is 2.00 bits per heavy atom. The van der Waals surface area contributed by atoms with E-state index in [9.17, 15) is 0 Å². The first kappa shape index (κ1) is 11.8. The molecule has 1 fully saturated rings. The summed E-state index contributed by atoms with van der Waals surface area (Å²) in [6.07, 6.45) is 5.60. The van der Waals surface area contributed by atoms with Gasteiger partial charge in [0.05, 0.1) is 0 Å². The summed E-state index contributed by atoms with van der Waals surface area (Å²) in [7, 11) is 0. The number of hydrogen-bond acceptors (Lipinski definition) is 3. The maximum atomic E-state index is 6.07. The maximum Gasteiger partial charge on any atom is 0.0484 e. The molecule has 16 heavy (non-hydrogen) atoms. The minimum atomic E-state index is 0.0447. The van der Waals surface area contributed by atoms with Crippen molar-refractivity contribution in [2.45, 2.75) is 24.9 Å². The molecule has 3 nitrogen and oxygen atoms in total. The molecule has 0 atom stereocenters. The molecule has 0 saturated carbocycles. The number of halogens is 1. The lowest BCUT2D eigenvalue weighted by Gasteiger charge is -2.36. The van der Waals surface area contributed by atoms with Gasteiger partial charge < -0.3 is 10.1 Å². The van der Waals surface area contributed by atoms with Gasteiger partial charge in [0.25, 0.3) is 0 Å². The topological polar surface area (TPSA) is 34.2 Å². The Labute approximate surface area is 101 Å². The van der Waals surface area contributed by atoms with E-state index in [-0.39, 0.29) is 5.54 Å². The number of nitrogens with one attached hydrogen (secondary N) is 1. The largest absolute Gasteiger partial charge is 0.381 e. The maximum absolute atomic E-state index is 6.07. The fraction of sp³-hybridized carbons (Fsp3) is 0.583. The van der Waals surface area contributed by atoms with E-state index in [4.69, 9.17) is 16.3 Å². The summed E-state index contributed by atoms with van der Waals surface area (Å²) in [5, 5.41) is 3.56. The normalized spacial score (nSPS) is 19.6. The van der Waals surface area contributed by atoms with E-state index in [0.29, 0.717) is 5.88 Å². The van der Waals surface area contributed by atoms with Crippen LogP contribution in [0.4, 0.5) is 0 Å². The molecule has 1 aromatic rings. The van der Waals surface area contributed by atoms with E-state index in [1.807, 2.05) is 24.5 Å². The van der Waals surface area contributed by atoms with Crippen molar-refractivity contribution in [3.05, 3.63) is 30.1 Å². The predicted molar refractivity (Wildman–Crippen MR) is 64.6 cm³/mol. The molecule has 1 saturated heterocycles. The molecule has 2 heterocycles. The molecule has 2 rings (SSSR count). The van der Waals surface area contributed by atoms with Gasteiger partial charge in [0.2, 0.25) is 0 Å². The lowest BCUT2D eigenvalue weighted by atomic mass is 9.92. The summed E-state index contributed by atoms with van der Waals surface area (Å²) in [6, 6.07) is 4.04. The van der Waals surface area contributed by atoms with Gasteiger partial charge in [-0.3, -0.25) is 4.98 Å². The quantitative estimate of drug-likeness (QED) is 0.817. The Hall–Kier alpha value is -0.640. The standard InChI is InChI=1S/C12H17ClN2O/c13-10-12(3-7-16-8-4-12)15-9-11-1-5-14-6-2-11/h1-2,5-6,15H,3-4,7-10H2. The van der Waals surface area contributed by atoms with Crippen LogP contribution in [0.5, 0.6) is 0 Å². The summed E-state index contributed by atoms with van der Waals surface area (Å²) in [6.45, 7) is 2.45. The van der Waals surface area contributed by atoms with E-state index in [2.05, 4.69) is 10.3 Å². The molecule has 88 valence electrons. The third kappa shape index (κ3) is 2.94. The number of rotatable bonds is 4. The fourth-order valence-corrected chi connectivity index (χ4v) is 2.27. The van der Waals surface area contributed by atoms with Gasteiger partial charge in [-0.05, 0) is 30.5 Å². The zero-order chi connectivity index (χ0) is 11.3. The number of nitrogens with zero attached hydrogens (tertiary/aromatic N) is 1. The molecule has 0 aromatic carbocycles. The highest BCUT2D eigenvalue weighted by molar-refractivity contribution is 6.18. The second kappa shape index (κ2) is 5.62. The third-order valence-corrected chi connectivity index (χ3v) is 3.63. The molecule has 1 aromatic heterocycles. The average Bonchev–Trinajstić information content (AvgIpc) is 2.39. The number of aromatic nitrogens is 1. The molecule has 1 aliphatic rings. The monoisotopic (exact) mass is 240 g/mol. The molecular formula is C12H17ClN2O. The number of pyridine rings is 1. The molecule has 0 bridgehead atoms. The lowest BCUT2D eigenvalue weighted by Crippen LogP contribution is -2.50. The molecule has 4 heteroatoms. The highest BCUT2D eigenvalue weighted by Gasteiger charge is 2.30. The molecule has 0 radical (unpaired) electrons. The van der Waals surface area contributed by atoms with Crippen LogP contribution in [-0.2, 0) is 11.3 Å². The fourth-order valence-electron chi connectivity index (χ4n) is 1.91. The van der Waals surface area contributed by atoms with Crippen LogP contribution < -0.4 is 5.32 Å². The Kier molecular flexibility index (Phi) is 4.16. The Morgan fingerprint density at radius 1 is 1.31 bits per heavy atom. The van der Waals surface area contributed by atoms with Crippen molar-refractivity contribution >= 4 is 11.6 Å². The second-order valence-corrected chi connectivity index (χ2v) is 4.50. The molecule has 0 amide bonds. The Balaban J connectivity index is 1.92. The van der Waals surface area contributed by atoms with Crippen molar-refractivity contribution in [1.82, 2.24) is 10.3 Å².